The number of hydrazone groups is 1. The monoisotopic (exact) mass is 251 g/mol. The number of fused-ring (bicyclic) bond motifs is 1. The SMILES string of the molecule is COc1cc(/C=N/NC(N)=O)cc2c1OCCO2. The number of urea groups is 1. The second kappa shape index (κ2) is 5.26. The molecule has 1 heterocycles. The molecule has 0 unspecified atom stereocenters. The van der Waals surface area contributed by atoms with Crippen molar-refractivity contribution in [1.29, 1.82) is 0 Å². The number of methoxy groups -OCH3 is 1. The first-order valence-electron chi connectivity index (χ1n) is 5.27. The maximum Gasteiger partial charge on any atom is 0.332 e. The third-order valence-electron chi connectivity index (χ3n) is 2.24. The van der Waals surface area contributed by atoms with Crippen LogP contribution in [0.25, 0.3) is 0 Å². The Hall–Kier alpha value is -2.44. The third kappa shape index (κ3) is 2.62. The van der Waals surface area contributed by atoms with E-state index >= 15 is 0 Å². The molecule has 0 aliphatic carbocycles. The predicted molar refractivity (Wildman–Crippen MR) is 64.3 cm³/mol. The van der Waals surface area contributed by atoms with E-state index in [4.69, 9.17) is 19.9 Å². The van der Waals surface area contributed by atoms with Gasteiger partial charge in [0.05, 0.1) is 13.3 Å². The molecule has 18 heavy (non-hydrogen) atoms. The Morgan fingerprint density at radius 3 is 3.00 bits per heavy atom. The summed E-state index contributed by atoms with van der Waals surface area (Å²) >= 11 is 0. The zero-order valence-electron chi connectivity index (χ0n) is 9.80. The number of amides is 2. The van der Waals surface area contributed by atoms with Gasteiger partial charge in [-0.3, -0.25) is 0 Å². The highest BCUT2D eigenvalue weighted by molar-refractivity contribution is 5.83. The van der Waals surface area contributed by atoms with Crippen molar-refractivity contribution in [2.75, 3.05) is 20.3 Å². The van der Waals surface area contributed by atoms with Crippen LogP contribution in [0.1, 0.15) is 5.56 Å². The molecule has 1 aromatic carbocycles. The van der Waals surface area contributed by atoms with E-state index in [1.807, 2.05) is 0 Å². The van der Waals surface area contributed by atoms with Gasteiger partial charge in [0.1, 0.15) is 13.2 Å². The van der Waals surface area contributed by atoms with Gasteiger partial charge >= 0.3 is 6.03 Å². The van der Waals surface area contributed by atoms with Crippen molar-refractivity contribution in [2.24, 2.45) is 10.8 Å². The molecule has 0 saturated carbocycles. The summed E-state index contributed by atoms with van der Waals surface area (Å²) < 4.78 is 16.1. The molecule has 0 atom stereocenters. The average molecular weight is 251 g/mol. The maximum atomic E-state index is 10.5. The standard InChI is InChI=1S/C11H13N3O4/c1-16-8-4-7(6-13-14-11(12)15)5-9-10(8)18-3-2-17-9/h4-6H,2-3H2,1H3,(H3,12,14,15)/b13-6+. The minimum atomic E-state index is -0.726. The Morgan fingerprint density at radius 2 is 2.28 bits per heavy atom. The van der Waals surface area contributed by atoms with Crippen molar-refractivity contribution in [3.8, 4) is 17.2 Å². The molecule has 1 aliphatic heterocycles. The summed E-state index contributed by atoms with van der Waals surface area (Å²) in [6.07, 6.45) is 1.44. The van der Waals surface area contributed by atoms with Crippen molar-refractivity contribution in [3.05, 3.63) is 17.7 Å². The van der Waals surface area contributed by atoms with E-state index < -0.39 is 6.03 Å². The number of carbonyl (C=O) groups is 1. The number of hydrogen-bond donors (Lipinski definition) is 2. The van der Waals surface area contributed by atoms with Crippen LogP contribution in [0.4, 0.5) is 4.79 Å². The lowest BCUT2D eigenvalue weighted by Gasteiger charge is -2.20. The van der Waals surface area contributed by atoms with E-state index in [1.54, 1.807) is 12.1 Å². The van der Waals surface area contributed by atoms with Crippen molar-refractivity contribution >= 4 is 12.2 Å². The Bertz CT molecular complexity index is 470. The van der Waals surface area contributed by atoms with Crippen LogP contribution in [-0.4, -0.2) is 32.6 Å². The number of primary amides is 1. The van der Waals surface area contributed by atoms with E-state index in [0.29, 0.717) is 36.0 Å². The first-order chi connectivity index (χ1) is 8.70. The number of ether oxygens (including phenoxy) is 3. The van der Waals surface area contributed by atoms with Gasteiger partial charge < -0.3 is 19.9 Å². The minimum Gasteiger partial charge on any atom is -0.493 e. The van der Waals surface area contributed by atoms with Crippen molar-refractivity contribution < 1.29 is 19.0 Å². The van der Waals surface area contributed by atoms with E-state index in [-0.39, 0.29) is 0 Å². The van der Waals surface area contributed by atoms with Gasteiger partial charge in [-0.2, -0.15) is 5.10 Å². The molecular formula is C11H13N3O4. The van der Waals surface area contributed by atoms with Crippen LogP contribution < -0.4 is 25.4 Å². The molecule has 0 bridgehead atoms. The van der Waals surface area contributed by atoms with E-state index in [0.717, 1.165) is 0 Å². The lowest BCUT2D eigenvalue weighted by atomic mass is 10.2. The number of nitrogens with one attached hydrogen (secondary N) is 1. The highest BCUT2D eigenvalue weighted by Gasteiger charge is 2.17. The average Bonchev–Trinajstić information content (AvgIpc) is 2.37. The van der Waals surface area contributed by atoms with E-state index in [2.05, 4.69) is 10.5 Å². The number of rotatable bonds is 3. The quantitative estimate of drug-likeness (QED) is 0.603. The second-order valence-corrected chi connectivity index (χ2v) is 3.48. The molecule has 0 spiro atoms. The second-order valence-electron chi connectivity index (χ2n) is 3.48. The normalized spacial score (nSPS) is 13.4. The molecule has 2 amide bonds. The predicted octanol–water partition coefficient (Wildman–Crippen LogP) is 0.469. The molecule has 7 nitrogen and oxygen atoms in total. The summed E-state index contributed by atoms with van der Waals surface area (Å²) in [6, 6.07) is 2.74. The van der Waals surface area contributed by atoms with Gasteiger partial charge in [0, 0.05) is 5.56 Å². The highest BCUT2D eigenvalue weighted by atomic mass is 16.6. The summed E-state index contributed by atoms with van der Waals surface area (Å²) in [5.41, 5.74) is 7.70. The van der Waals surface area contributed by atoms with Crippen LogP contribution >= 0.6 is 0 Å². The highest BCUT2D eigenvalue weighted by Crippen LogP contribution is 2.39. The zero-order chi connectivity index (χ0) is 13.0. The fourth-order valence-corrected chi connectivity index (χ4v) is 1.54. The Labute approximate surface area is 104 Å². The number of nitrogens with zero attached hydrogens (tertiary/aromatic N) is 1. The first-order valence-corrected chi connectivity index (χ1v) is 5.27. The smallest absolute Gasteiger partial charge is 0.332 e. The van der Waals surface area contributed by atoms with Gasteiger partial charge in [-0.05, 0) is 12.1 Å². The Balaban J connectivity index is 2.26. The molecule has 2 rings (SSSR count). The van der Waals surface area contributed by atoms with Gasteiger partial charge in [0.25, 0.3) is 0 Å². The number of hydrogen-bond acceptors (Lipinski definition) is 5. The number of carbonyl (C=O) groups excluding carboxylic acids is 1. The maximum absolute atomic E-state index is 10.5. The van der Waals surface area contributed by atoms with Gasteiger partial charge in [-0.25, -0.2) is 10.2 Å². The largest absolute Gasteiger partial charge is 0.493 e. The van der Waals surface area contributed by atoms with Crippen molar-refractivity contribution in [3.63, 3.8) is 0 Å². The van der Waals surface area contributed by atoms with Crippen LogP contribution in [0.15, 0.2) is 17.2 Å². The summed E-state index contributed by atoms with van der Waals surface area (Å²) in [7, 11) is 1.54. The third-order valence-corrected chi connectivity index (χ3v) is 2.24. The van der Waals surface area contributed by atoms with Crippen molar-refractivity contribution in [2.45, 2.75) is 0 Å². The van der Waals surface area contributed by atoms with Crippen LogP contribution in [-0.2, 0) is 0 Å². The minimum absolute atomic E-state index is 0.482. The molecule has 0 fully saturated rings. The summed E-state index contributed by atoms with van der Waals surface area (Å²) in [4.78, 5) is 10.5. The molecule has 1 aromatic rings. The molecule has 96 valence electrons. The molecular weight excluding hydrogens is 238 g/mol. The van der Waals surface area contributed by atoms with Gasteiger partial charge in [-0.15, -0.1) is 0 Å². The van der Waals surface area contributed by atoms with E-state index in [1.165, 1.54) is 13.3 Å². The Morgan fingerprint density at radius 1 is 1.50 bits per heavy atom. The fraction of sp³-hybridized carbons (Fsp3) is 0.273. The fourth-order valence-electron chi connectivity index (χ4n) is 1.54. The number of nitrogens with two attached hydrogens (primary N) is 1. The summed E-state index contributed by atoms with van der Waals surface area (Å²) in [6.45, 7) is 0.969. The van der Waals surface area contributed by atoms with E-state index in [9.17, 15) is 4.79 Å². The van der Waals surface area contributed by atoms with Crippen LogP contribution in [0.2, 0.25) is 0 Å². The first kappa shape index (κ1) is 12.0. The van der Waals surface area contributed by atoms with Crippen molar-refractivity contribution in [1.82, 2.24) is 5.43 Å². The molecule has 0 radical (unpaired) electrons. The zero-order valence-corrected chi connectivity index (χ0v) is 9.80. The molecule has 1 aliphatic rings. The lowest BCUT2D eigenvalue weighted by Crippen LogP contribution is -2.24. The van der Waals surface area contributed by atoms with Gasteiger partial charge in [0.2, 0.25) is 5.75 Å². The molecule has 7 heteroatoms. The molecule has 0 aromatic heterocycles. The van der Waals surface area contributed by atoms with Crippen LogP contribution in [0.3, 0.4) is 0 Å². The number of benzene rings is 1. The van der Waals surface area contributed by atoms with Crippen LogP contribution in [0, 0.1) is 0 Å². The summed E-state index contributed by atoms with van der Waals surface area (Å²) in [5, 5.41) is 3.66. The Kier molecular flexibility index (Phi) is 3.52. The van der Waals surface area contributed by atoms with Gasteiger partial charge in [-0.1, -0.05) is 0 Å². The lowest BCUT2D eigenvalue weighted by molar-refractivity contribution is 0.165. The van der Waals surface area contributed by atoms with Gasteiger partial charge in [0.15, 0.2) is 11.5 Å². The molecule has 0 saturated heterocycles. The summed E-state index contributed by atoms with van der Waals surface area (Å²) in [5.74, 6) is 1.71. The molecule has 3 N–H and O–H groups in total. The van der Waals surface area contributed by atoms with Crippen LogP contribution in [0.5, 0.6) is 17.2 Å². The topological polar surface area (TPSA) is 95.2 Å².